The lowest BCUT2D eigenvalue weighted by molar-refractivity contribution is 0.0827. The highest BCUT2D eigenvalue weighted by molar-refractivity contribution is 5.94. The molecule has 1 N–H and O–H groups in total. The van der Waals surface area contributed by atoms with E-state index >= 15 is 0 Å². The van der Waals surface area contributed by atoms with Crippen LogP contribution in [0.15, 0.2) is 18.2 Å². The Morgan fingerprint density at radius 3 is 2.62 bits per heavy atom. The second-order valence-electron chi connectivity index (χ2n) is 4.31. The van der Waals surface area contributed by atoms with Gasteiger partial charge in [0.15, 0.2) is 0 Å². The van der Waals surface area contributed by atoms with Crippen molar-refractivity contribution in [2.24, 2.45) is 0 Å². The van der Waals surface area contributed by atoms with Gasteiger partial charge in [0, 0.05) is 25.7 Å². The van der Waals surface area contributed by atoms with Crippen LogP contribution in [0.5, 0.6) is 0 Å². The number of amides is 1. The van der Waals surface area contributed by atoms with Crippen LogP contribution in [0.3, 0.4) is 0 Å². The molecule has 1 aliphatic carbocycles. The average Bonchev–Trinajstić information content (AvgIpc) is 3.03. The number of carbonyl (C=O) groups is 1. The Balaban J connectivity index is 2.17. The number of anilines is 1. The van der Waals surface area contributed by atoms with Crippen LogP contribution in [0.2, 0.25) is 0 Å². The Bertz CT molecular complexity index is 413. The fraction of sp³-hybridized carbons (Fsp3) is 0.417. The van der Waals surface area contributed by atoms with Gasteiger partial charge < -0.3 is 10.2 Å². The van der Waals surface area contributed by atoms with Crippen molar-refractivity contribution in [3.05, 3.63) is 29.6 Å². The molecule has 3 nitrogen and oxygen atoms in total. The predicted molar refractivity (Wildman–Crippen MR) is 61.1 cm³/mol. The van der Waals surface area contributed by atoms with Crippen molar-refractivity contribution in [3.8, 4) is 0 Å². The molecule has 2 rings (SSSR count). The zero-order valence-corrected chi connectivity index (χ0v) is 9.46. The fourth-order valence-electron chi connectivity index (χ4n) is 1.47. The number of rotatable bonds is 3. The zero-order chi connectivity index (χ0) is 11.7. The molecule has 1 aromatic rings. The van der Waals surface area contributed by atoms with Crippen LogP contribution in [-0.2, 0) is 0 Å². The van der Waals surface area contributed by atoms with Crippen LogP contribution in [0.4, 0.5) is 10.1 Å². The molecule has 86 valence electrons. The van der Waals surface area contributed by atoms with Crippen LogP contribution in [0.1, 0.15) is 23.2 Å². The molecule has 1 fully saturated rings. The smallest absolute Gasteiger partial charge is 0.253 e. The molecule has 0 bridgehead atoms. The Morgan fingerprint density at radius 1 is 1.44 bits per heavy atom. The highest BCUT2D eigenvalue weighted by Crippen LogP contribution is 2.26. The summed E-state index contributed by atoms with van der Waals surface area (Å²) >= 11 is 0. The molecular formula is C12H15FN2O. The van der Waals surface area contributed by atoms with Crippen molar-refractivity contribution in [2.75, 3.05) is 19.4 Å². The molecule has 4 heteroatoms. The van der Waals surface area contributed by atoms with E-state index in [1.807, 2.05) is 0 Å². The normalized spacial score (nSPS) is 14.7. The third kappa shape index (κ3) is 2.32. The van der Waals surface area contributed by atoms with Gasteiger partial charge in [-0.1, -0.05) is 0 Å². The Hall–Kier alpha value is -1.58. The van der Waals surface area contributed by atoms with Gasteiger partial charge in [-0.2, -0.15) is 0 Å². The molecule has 0 aromatic heterocycles. The van der Waals surface area contributed by atoms with Crippen molar-refractivity contribution >= 4 is 11.6 Å². The molecule has 1 saturated carbocycles. The number of hydrogen-bond donors (Lipinski definition) is 1. The van der Waals surface area contributed by atoms with Crippen LogP contribution in [0, 0.1) is 5.82 Å². The van der Waals surface area contributed by atoms with Crippen LogP contribution < -0.4 is 5.32 Å². The Kier molecular flexibility index (Phi) is 2.81. The van der Waals surface area contributed by atoms with E-state index in [4.69, 9.17) is 0 Å². The molecule has 0 radical (unpaired) electrons. The van der Waals surface area contributed by atoms with E-state index in [1.54, 1.807) is 26.2 Å². The molecule has 0 atom stereocenters. The minimum Gasteiger partial charge on any atom is -0.380 e. The first-order valence-corrected chi connectivity index (χ1v) is 5.35. The number of halogens is 1. The van der Waals surface area contributed by atoms with Gasteiger partial charge in [0.05, 0.1) is 5.69 Å². The van der Waals surface area contributed by atoms with Crippen LogP contribution >= 0.6 is 0 Å². The maximum absolute atomic E-state index is 13.6. The summed E-state index contributed by atoms with van der Waals surface area (Å²) in [6.07, 6.45) is 2.19. The Morgan fingerprint density at radius 2 is 2.12 bits per heavy atom. The Labute approximate surface area is 94.3 Å². The molecule has 0 spiro atoms. The third-order valence-electron chi connectivity index (χ3n) is 2.56. The lowest BCUT2D eigenvalue weighted by Crippen LogP contribution is -2.21. The molecule has 0 saturated heterocycles. The van der Waals surface area contributed by atoms with Crippen molar-refractivity contribution in [2.45, 2.75) is 18.9 Å². The minimum absolute atomic E-state index is 0.183. The third-order valence-corrected chi connectivity index (χ3v) is 2.56. The van der Waals surface area contributed by atoms with Gasteiger partial charge in [-0.3, -0.25) is 4.79 Å². The summed E-state index contributed by atoms with van der Waals surface area (Å²) in [5.74, 6) is -0.545. The molecule has 16 heavy (non-hydrogen) atoms. The molecule has 1 aliphatic rings. The van der Waals surface area contributed by atoms with E-state index in [2.05, 4.69) is 5.32 Å². The first-order chi connectivity index (χ1) is 7.58. The second-order valence-corrected chi connectivity index (χ2v) is 4.31. The summed E-state index contributed by atoms with van der Waals surface area (Å²) in [6.45, 7) is 0. The van der Waals surface area contributed by atoms with Gasteiger partial charge in [-0.15, -0.1) is 0 Å². The standard InChI is InChI=1S/C12H15FN2O/c1-15(2)12(16)8-3-6-11(10(13)7-8)14-9-4-5-9/h3,6-7,9,14H,4-5H2,1-2H3. The molecule has 1 aromatic carbocycles. The van der Waals surface area contributed by atoms with Crippen molar-refractivity contribution in [3.63, 3.8) is 0 Å². The van der Waals surface area contributed by atoms with E-state index in [0.29, 0.717) is 17.3 Å². The minimum atomic E-state index is -0.361. The number of nitrogens with one attached hydrogen (secondary N) is 1. The summed E-state index contributed by atoms with van der Waals surface area (Å²) < 4.78 is 13.6. The van der Waals surface area contributed by atoms with Gasteiger partial charge in [0.25, 0.3) is 5.91 Å². The number of nitrogens with zero attached hydrogens (tertiary/aromatic N) is 1. The summed E-state index contributed by atoms with van der Waals surface area (Å²) in [5, 5.41) is 3.08. The summed E-state index contributed by atoms with van der Waals surface area (Å²) in [6, 6.07) is 4.97. The molecule has 0 unspecified atom stereocenters. The topological polar surface area (TPSA) is 32.3 Å². The number of carbonyl (C=O) groups excluding carboxylic acids is 1. The highest BCUT2D eigenvalue weighted by Gasteiger charge is 2.22. The number of benzene rings is 1. The second kappa shape index (κ2) is 4.12. The monoisotopic (exact) mass is 222 g/mol. The summed E-state index contributed by atoms with van der Waals surface area (Å²) in [5.41, 5.74) is 0.863. The van der Waals surface area contributed by atoms with E-state index in [0.717, 1.165) is 12.8 Å². The lowest BCUT2D eigenvalue weighted by Gasteiger charge is -2.12. The highest BCUT2D eigenvalue weighted by atomic mass is 19.1. The van der Waals surface area contributed by atoms with Crippen LogP contribution in [0.25, 0.3) is 0 Å². The molecule has 0 aliphatic heterocycles. The predicted octanol–water partition coefficient (Wildman–Crippen LogP) is 2.10. The van der Waals surface area contributed by atoms with Gasteiger partial charge in [0.1, 0.15) is 5.82 Å². The zero-order valence-electron chi connectivity index (χ0n) is 9.46. The molecular weight excluding hydrogens is 207 g/mol. The van der Waals surface area contributed by atoms with E-state index in [9.17, 15) is 9.18 Å². The van der Waals surface area contributed by atoms with Crippen LogP contribution in [-0.4, -0.2) is 30.9 Å². The van der Waals surface area contributed by atoms with E-state index < -0.39 is 0 Å². The summed E-state index contributed by atoms with van der Waals surface area (Å²) in [4.78, 5) is 13.0. The van der Waals surface area contributed by atoms with Gasteiger partial charge >= 0.3 is 0 Å². The first kappa shape index (κ1) is 10.9. The van der Waals surface area contributed by atoms with Gasteiger partial charge in [0.2, 0.25) is 0 Å². The first-order valence-electron chi connectivity index (χ1n) is 5.35. The largest absolute Gasteiger partial charge is 0.380 e. The number of hydrogen-bond acceptors (Lipinski definition) is 2. The summed E-state index contributed by atoms with van der Waals surface area (Å²) in [7, 11) is 3.30. The van der Waals surface area contributed by atoms with Gasteiger partial charge in [-0.05, 0) is 31.0 Å². The van der Waals surface area contributed by atoms with Crippen molar-refractivity contribution in [1.82, 2.24) is 4.90 Å². The molecule has 1 amide bonds. The molecule has 0 heterocycles. The van der Waals surface area contributed by atoms with Crippen molar-refractivity contribution in [1.29, 1.82) is 0 Å². The van der Waals surface area contributed by atoms with E-state index in [1.165, 1.54) is 11.0 Å². The average molecular weight is 222 g/mol. The quantitative estimate of drug-likeness (QED) is 0.849. The SMILES string of the molecule is CN(C)C(=O)c1ccc(NC2CC2)c(F)c1. The fourth-order valence-corrected chi connectivity index (χ4v) is 1.47. The maximum atomic E-state index is 13.6. The van der Waals surface area contributed by atoms with Gasteiger partial charge in [-0.25, -0.2) is 4.39 Å². The van der Waals surface area contributed by atoms with E-state index in [-0.39, 0.29) is 11.7 Å². The maximum Gasteiger partial charge on any atom is 0.253 e. The lowest BCUT2D eigenvalue weighted by atomic mass is 10.1. The van der Waals surface area contributed by atoms with Crippen molar-refractivity contribution < 1.29 is 9.18 Å².